The van der Waals surface area contributed by atoms with E-state index in [-0.39, 0.29) is 0 Å². The van der Waals surface area contributed by atoms with Gasteiger partial charge in [-0.05, 0) is 48.4 Å². The third-order valence-electron chi connectivity index (χ3n) is 4.97. The van der Waals surface area contributed by atoms with Crippen molar-refractivity contribution in [2.75, 3.05) is 26.8 Å². The average Bonchev–Trinajstić information content (AvgIpc) is 3.14. The van der Waals surface area contributed by atoms with Gasteiger partial charge >= 0.3 is 0 Å². The van der Waals surface area contributed by atoms with E-state index in [1.807, 2.05) is 18.2 Å². The number of rotatable bonds is 5. The number of aryl methyl sites for hydroxylation is 1. The van der Waals surface area contributed by atoms with Gasteiger partial charge in [0.2, 0.25) is 0 Å². The zero-order valence-corrected chi connectivity index (χ0v) is 16.4. The third kappa shape index (κ3) is 4.12. The van der Waals surface area contributed by atoms with E-state index < -0.39 is 0 Å². The molecule has 144 valence electrons. The molecule has 0 amide bonds. The van der Waals surface area contributed by atoms with Gasteiger partial charge in [-0.25, -0.2) is 0 Å². The lowest BCUT2D eigenvalue weighted by Gasteiger charge is -2.18. The van der Waals surface area contributed by atoms with Crippen molar-refractivity contribution in [1.82, 2.24) is 4.90 Å². The van der Waals surface area contributed by atoms with E-state index in [1.165, 1.54) is 11.1 Å². The molecular weight excluding hydrogens is 350 g/mol. The summed E-state index contributed by atoms with van der Waals surface area (Å²) in [6, 6.07) is 16.7. The van der Waals surface area contributed by atoms with Crippen LogP contribution in [-0.4, -0.2) is 31.7 Å². The fourth-order valence-electron chi connectivity index (χ4n) is 3.46. The first kappa shape index (κ1) is 18.4. The van der Waals surface area contributed by atoms with Crippen molar-refractivity contribution in [2.24, 2.45) is 0 Å². The number of nitrogens with zero attached hydrogens (tertiary/aromatic N) is 1. The van der Waals surface area contributed by atoms with Crippen LogP contribution >= 0.6 is 0 Å². The molecule has 0 N–H and O–H groups in total. The first-order chi connectivity index (χ1) is 13.7. The van der Waals surface area contributed by atoms with Crippen LogP contribution in [0.5, 0.6) is 11.5 Å². The molecule has 1 aliphatic rings. The highest BCUT2D eigenvalue weighted by molar-refractivity contribution is 5.69. The Morgan fingerprint density at radius 1 is 1.11 bits per heavy atom. The molecule has 4 nitrogen and oxygen atoms in total. The van der Waals surface area contributed by atoms with Crippen LogP contribution in [0.25, 0.3) is 17.2 Å². The molecule has 0 atom stereocenters. The smallest absolute Gasteiger partial charge is 0.165 e. The lowest BCUT2D eigenvalue weighted by molar-refractivity contribution is 0.238. The van der Waals surface area contributed by atoms with Crippen molar-refractivity contribution in [3.63, 3.8) is 0 Å². The van der Waals surface area contributed by atoms with Crippen molar-refractivity contribution >= 4 is 6.08 Å². The van der Waals surface area contributed by atoms with E-state index in [0.29, 0.717) is 6.61 Å². The molecule has 0 spiro atoms. The van der Waals surface area contributed by atoms with Gasteiger partial charge in [0.25, 0.3) is 0 Å². The van der Waals surface area contributed by atoms with Gasteiger partial charge in [0, 0.05) is 25.2 Å². The highest BCUT2D eigenvalue weighted by Gasteiger charge is 2.20. The van der Waals surface area contributed by atoms with Gasteiger partial charge in [0.15, 0.2) is 11.5 Å². The molecule has 0 bridgehead atoms. The number of ether oxygens (including phenoxy) is 2. The fourth-order valence-corrected chi connectivity index (χ4v) is 3.46. The predicted octanol–water partition coefficient (Wildman–Crippen LogP) is 5.17. The van der Waals surface area contributed by atoms with Crippen LogP contribution in [0.1, 0.15) is 16.9 Å². The quantitative estimate of drug-likeness (QED) is 0.616. The highest BCUT2D eigenvalue weighted by Crippen LogP contribution is 2.38. The SMILES string of the molecule is COc1cc(-c2ccc(C)cc2)cc2c1OCCN(C/C=C/c1ccco1)C2. The van der Waals surface area contributed by atoms with Crippen LogP contribution in [0.2, 0.25) is 0 Å². The van der Waals surface area contributed by atoms with E-state index in [4.69, 9.17) is 13.9 Å². The number of hydrogen-bond acceptors (Lipinski definition) is 4. The maximum absolute atomic E-state index is 6.05. The summed E-state index contributed by atoms with van der Waals surface area (Å²) < 4.78 is 17.1. The van der Waals surface area contributed by atoms with Gasteiger partial charge < -0.3 is 13.9 Å². The normalized spacial score (nSPS) is 14.5. The van der Waals surface area contributed by atoms with Crippen molar-refractivity contribution in [2.45, 2.75) is 13.5 Å². The number of fused-ring (bicyclic) bond motifs is 1. The fraction of sp³-hybridized carbons (Fsp3) is 0.250. The summed E-state index contributed by atoms with van der Waals surface area (Å²) in [5, 5.41) is 0. The first-order valence-electron chi connectivity index (χ1n) is 9.56. The molecule has 4 rings (SSSR count). The molecule has 3 aromatic rings. The molecule has 0 saturated carbocycles. The summed E-state index contributed by atoms with van der Waals surface area (Å²) in [6.07, 6.45) is 5.83. The largest absolute Gasteiger partial charge is 0.493 e. The highest BCUT2D eigenvalue weighted by atomic mass is 16.5. The maximum Gasteiger partial charge on any atom is 0.165 e. The lowest BCUT2D eigenvalue weighted by atomic mass is 10.0. The second-order valence-electron chi connectivity index (χ2n) is 7.03. The zero-order chi connectivity index (χ0) is 19.3. The number of benzene rings is 2. The summed E-state index contributed by atoms with van der Waals surface area (Å²) >= 11 is 0. The van der Waals surface area contributed by atoms with E-state index in [2.05, 4.69) is 54.3 Å². The third-order valence-corrected chi connectivity index (χ3v) is 4.97. The topological polar surface area (TPSA) is 34.8 Å². The van der Waals surface area contributed by atoms with Crippen LogP contribution in [0.4, 0.5) is 0 Å². The van der Waals surface area contributed by atoms with Crippen LogP contribution in [-0.2, 0) is 6.54 Å². The molecule has 28 heavy (non-hydrogen) atoms. The summed E-state index contributed by atoms with van der Waals surface area (Å²) in [7, 11) is 1.70. The van der Waals surface area contributed by atoms with E-state index >= 15 is 0 Å². The minimum Gasteiger partial charge on any atom is -0.493 e. The second-order valence-corrected chi connectivity index (χ2v) is 7.03. The molecule has 0 aliphatic carbocycles. The molecule has 0 radical (unpaired) electrons. The van der Waals surface area contributed by atoms with E-state index in [1.54, 1.807) is 13.4 Å². The van der Waals surface area contributed by atoms with Crippen LogP contribution in [0.3, 0.4) is 0 Å². The monoisotopic (exact) mass is 375 g/mol. The van der Waals surface area contributed by atoms with Crippen molar-refractivity contribution in [3.05, 3.63) is 77.8 Å². The van der Waals surface area contributed by atoms with E-state index in [9.17, 15) is 0 Å². The van der Waals surface area contributed by atoms with Gasteiger partial charge in [-0.1, -0.05) is 35.9 Å². The second kappa shape index (κ2) is 8.36. The molecule has 0 saturated heterocycles. The Morgan fingerprint density at radius 3 is 2.71 bits per heavy atom. The van der Waals surface area contributed by atoms with E-state index in [0.717, 1.165) is 48.0 Å². The Balaban J connectivity index is 1.59. The Hall–Kier alpha value is -2.98. The number of hydrogen-bond donors (Lipinski definition) is 0. The number of furan rings is 1. The van der Waals surface area contributed by atoms with Crippen LogP contribution < -0.4 is 9.47 Å². The Bertz CT molecular complexity index is 943. The summed E-state index contributed by atoms with van der Waals surface area (Å²) in [4.78, 5) is 2.36. The standard InChI is InChI=1S/C24H25NO3/c1-18-7-9-19(10-8-18)20-15-21-17-25(11-3-5-22-6-4-13-27-22)12-14-28-24(21)23(16-20)26-2/h3-10,13,15-16H,11-12,14,17H2,1-2H3/b5-3+. The maximum atomic E-state index is 6.05. The van der Waals surface area contributed by atoms with Gasteiger partial charge in [0.1, 0.15) is 12.4 Å². The van der Waals surface area contributed by atoms with Crippen molar-refractivity contribution < 1.29 is 13.9 Å². The van der Waals surface area contributed by atoms with Gasteiger partial charge in [-0.15, -0.1) is 0 Å². The minimum atomic E-state index is 0.641. The molecule has 2 aromatic carbocycles. The molecule has 1 aliphatic heterocycles. The Kier molecular flexibility index (Phi) is 5.49. The Labute approximate surface area is 166 Å². The van der Waals surface area contributed by atoms with Crippen molar-refractivity contribution in [1.29, 1.82) is 0 Å². The lowest BCUT2D eigenvalue weighted by Crippen LogP contribution is -2.25. The predicted molar refractivity (Wildman–Crippen MR) is 112 cm³/mol. The summed E-state index contributed by atoms with van der Waals surface area (Å²) in [5.41, 5.74) is 4.73. The van der Waals surface area contributed by atoms with Crippen molar-refractivity contribution in [3.8, 4) is 22.6 Å². The zero-order valence-electron chi connectivity index (χ0n) is 16.4. The van der Waals surface area contributed by atoms with Gasteiger partial charge in [-0.2, -0.15) is 0 Å². The summed E-state index contributed by atoms with van der Waals surface area (Å²) in [5.74, 6) is 2.52. The van der Waals surface area contributed by atoms with Gasteiger partial charge in [-0.3, -0.25) is 4.90 Å². The molecule has 4 heteroatoms. The number of methoxy groups -OCH3 is 1. The molecule has 0 fully saturated rings. The minimum absolute atomic E-state index is 0.641. The molecule has 1 aromatic heterocycles. The van der Waals surface area contributed by atoms with Crippen LogP contribution in [0, 0.1) is 6.92 Å². The average molecular weight is 375 g/mol. The van der Waals surface area contributed by atoms with Crippen LogP contribution in [0.15, 0.2) is 65.3 Å². The molecule has 2 heterocycles. The molecular formula is C24H25NO3. The van der Waals surface area contributed by atoms with Gasteiger partial charge in [0.05, 0.1) is 13.4 Å². The molecule has 0 unspecified atom stereocenters. The first-order valence-corrected chi connectivity index (χ1v) is 9.56. The summed E-state index contributed by atoms with van der Waals surface area (Å²) in [6.45, 7) is 5.25. The Morgan fingerprint density at radius 2 is 1.96 bits per heavy atom.